The smallest absolute Gasteiger partial charge is 0.226 e. The summed E-state index contributed by atoms with van der Waals surface area (Å²) < 4.78 is 16.8. The third-order valence-corrected chi connectivity index (χ3v) is 6.17. The number of aliphatic hydroxyl groups excluding tert-OH is 2. The van der Waals surface area contributed by atoms with E-state index in [1.165, 1.54) is 6.92 Å². The molecule has 190 valence electrons. The number of carbonyl (C=O) groups is 2. The SMILES string of the molecule is CC(=O)N1CCN(C(=O)C2CCOCC2)CC=CCOC[C@@H](O)[C@@H](O)[C@H](OCCC(C)C)C1. The van der Waals surface area contributed by atoms with Crippen LogP contribution in [-0.4, -0.2) is 109 Å². The number of hydrogen-bond acceptors (Lipinski definition) is 7. The maximum atomic E-state index is 13.1. The minimum absolute atomic E-state index is 0.0552. The van der Waals surface area contributed by atoms with Crippen LogP contribution >= 0.6 is 0 Å². The zero-order valence-corrected chi connectivity index (χ0v) is 20.4. The average Bonchev–Trinajstić information content (AvgIpc) is 2.79. The number of nitrogens with zero attached hydrogens (tertiary/aromatic N) is 2. The van der Waals surface area contributed by atoms with Gasteiger partial charge in [0.15, 0.2) is 0 Å². The Labute approximate surface area is 197 Å². The van der Waals surface area contributed by atoms with E-state index in [9.17, 15) is 19.8 Å². The zero-order valence-electron chi connectivity index (χ0n) is 20.4. The minimum atomic E-state index is -1.20. The molecule has 2 heterocycles. The van der Waals surface area contributed by atoms with E-state index in [1.54, 1.807) is 15.9 Å². The van der Waals surface area contributed by atoms with Gasteiger partial charge in [0.2, 0.25) is 11.8 Å². The van der Waals surface area contributed by atoms with E-state index in [1.807, 2.05) is 6.08 Å². The summed E-state index contributed by atoms with van der Waals surface area (Å²) >= 11 is 0. The lowest BCUT2D eigenvalue weighted by atomic mass is 9.98. The first-order chi connectivity index (χ1) is 15.8. The van der Waals surface area contributed by atoms with Gasteiger partial charge < -0.3 is 34.2 Å². The summed E-state index contributed by atoms with van der Waals surface area (Å²) in [7, 11) is 0. The van der Waals surface area contributed by atoms with Crippen molar-refractivity contribution in [3.05, 3.63) is 12.2 Å². The van der Waals surface area contributed by atoms with Crippen LogP contribution in [0.3, 0.4) is 0 Å². The Hall–Kier alpha value is -1.52. The Morgan fingerprint density at radius 1 is 1.09 bits per heavy atom. The van der Waals surface area contributed by atoms with Crippen LogP contribution in [0.4, 0.5) is 0 Å². The molecule has 9 nitrogen and oxygen atoms in total. The Morgan fingerprint density at radius 3 is 2.45 bits per heavy atom. The topological polar surface area (TPSA) is 109 Å². The minimum Gasteiger partial charge on any atom is -0.388 e. The van der Waals surface area contributed by atoms with Gasteiger partial charge in [-0.05, 0) is 25.2 Å². The summed E-state index contributed by atoms with van der Waals surface area (Å²) in [6.45, 7) is 8.66. The van der Waals surface area contributed by atoms with Crippen molar-refractivity contribution < 1.29 is 34.0 Å². The molecular formula is C24H42N2O7. The van der Waals surface area contributed by atoms with Gasteiger partial charge >= 0.3 is 0 Å². The predicted molar refractivity (Wildman–Crippen MR) is 124 cm³/mol. The van der Waals surface area contributed by atoms with Crippen LogP contribution in [0, 0.1) is 11.8 Å². The van der Waals surface area contributed by atoms with Gasteiger partial charge in [0.25, 0.3) is 0 Å². The van der Waals surface area contributed by atoms with Gasteiger partial charge in [-0.3, -0.25) is 9.59 Å². The molecule has 1 saturated heterocycles. The number of amides is 2. The van der Waals surface area contributed by atoms with Crippen LogP contribution in [-0.2, 0) is 23.8 Å². The fourth-order valence-electron chi connectivity index (χ4n) is 3.92. The van der Waals surface area contributed by atoms with Crippen molar-refractivity contribution in [3.63, 3.8) is 0 Å². The second-order valence-corrected chi connectivity index (χ2v) is 9.29. The molecule has 0 aromatic heterocycles. The number of aliphatic hydroxyl groups is 2. The first kappa shape index (κ1) is 27.7. The Bertz CT molecular complexity index is 622. The molecule has 2 amide bonds. The van der Waals surface area contributed by atoms with Crippen LogP contribution < -0.4 is 0 Å². The largest absolute Gasteiger partial charge is 0.388 e. The Kier molecular flexibility index (Phi) is 12.3. The van der Waals surface area contributed by atoms with Crippen LogP contribution in [0.2, 0.25) is 0 Å². The summed E-state index contributed by atoms with van der Waals surface area (Å²) in [5.74, 6) is 0.248. The molecule has 33 heavy (non-hydrogen) atoms. The van der Waals surface area contributed by atoms with Gasteiger partial charge in [-0.15, -0.1) is 0 Å². The highest BCUT2D eigenvalue weighted by molar-refractivity contribution is 5.79. The molecule has 0 bridgehead atoms. The molecule has 1 fully saturated rings. The second-order valence-electron chi connectivity index (χ2n) is 9.29. The van der Waals surface area contributed by atoms with Crippen molar-refractivity contribution in [2.75, 3.05) is 59.2 Å². The van der Waals surface area contributed by atoms with Crippen molar-refractivity contribution in [3.8, 4) is 0 Å². The summed E-state index contributed by atoms with van der Waals surface area (Å²) in [5, 5.41) is 21.1. The highest BCUT2D eigenvalue weighted by Gasteiger charge is 2.31. The fraction of sp³-hybridized carbons (Fsp3) is 0.833. The molecule has 9 heteroatoms. The van der Waals surface area contributed by atoms with Crippen molar-refractivity contribution in [2.45, 2.75) is 58.3 Å². The number of carbonyl (C=O) groups excluding carboxylic acids is 2. The summed E-state index contributed by atoms with van der Waals surface area (Å²) in [6.07, 6.45) is 2.77. The number of rotatable bonds is 5. The van der Waals surface area contributed by atoms with Gasteiger partial charge in [0.1, 0.15) is 18.3 Å². The Balaban J connectivity index is 2.15. The van der Waals surface area contributed by atoms with Gasteiger partial charge in [0, 0.05) is 58.8 Å². The normalized spacial score (nSPS) is 26.9. The summed E-state index contributed by atoms with van der Waals surface area (Å²) in [5.41, 5.74) is 0. The van der Waals surface area contributed by atoms with Crippen LogP contribution in [0.25, 0.3) is 0 Å². The quantitative estimate of drug-likeness (QED) is 0.573. The maximum absolute atomic E-state index is 13.1. The molecule has 0 unspecified atom stereocenters. The first-order valence-electron chi connectivity index (χ1n) is 12.1. The first-order valence-corrected chi connectivity index (χ1v) is 12.1. The number of ether oxygens (including phenoxy) is 3. The molecule has 0 aromatic carbocycles. The van der Waals surface area contributed by atoms with Gasteiger partial charge in [-0.25, -0.2) is 0 Å². The molecule has 3 atom stereocenters. The lowest BCUT2D eigenvalue weighted by Crippen LogP contribution is -2.51. The van der Waals surface area contributed by atoms with E-state index in [0.29, 0.717) is 58.2 Å². The maximum Gasteiger partial charge on any atom is 0.226 e. The predicted octanol–water partition coefficient (Wildman–Crippen LogP) is 0.830. The monoisotopic (exact) mass is 470 g/mol. The van der Waals surface area contributed by atoms with Crippen molar-refractivity contribution >= 4 is 11.8 Å². The van der Waals surface area contributed by atoms with E-state index in [4.69, 9.17) is 14.2 Å². The summed E-state index contributed by atoms with van der Waals surface area (Å²) in [4.78, 5) is 28.9. The van der Waals surface area contributed by atoms with E-state index >= 15 is 0 Å². The van der Waals surface area contributed by atoms with Crippen molar-refractivity contribution in [1.82, 2.24) is 9.80 Å². The van der Waals surface area contributed by atoms with E-state index in [2.05, 4.69) is 13.8 Å². The molecule has 0 saturated carbocycles. The van der Waals surface area contributed by atoms with Crippen LogP contribution in [0.1, 0.15) is 40.0 Å². The molecule has 2 aliphatic heterocycles. The van der Waals surface area contributed by atoms with Gasteiger partial charge in [-0.2, -0.15) is 0 Å². The van der Waals surface area contributed by atoms with Crippen molar-refractivity contribution in [2.24, 2.45) is 11.8 Å². The van der Waals surface area contributed by atoms with E-state index in [-0.39, 0.29) is 37.5 Å². The average molecular weight is 471 g/mol. The molecule has 0 radical (unpaired) electrons. The molecule has 2 aliphatic rings. The van der Waals surface area contributed by atoms with E-state index < -0.39 is 18.3 Å². The second kappa shape index (κ2) is 14.7. The molecule has 2 N–H and O–H groups in total. The molecular weight excluding hydrogens is 428 g/mol. The standard InChI is InChI=1S/C24H42N2O7/c1-18(2)6-15-33-22-16-26(19(3)27)11-10-25(24(30)20-7-13-31-14-8-20)9-4-5-12-32-17-21(28)23(22)29/h4-5,18,20-23,28-29H,6-17H2,1-3H3/t21-,22-,23-/m1/s1. The molecule has 0 aromatic rings. The molecule has 0 spiro atoms. The lowest BCUT2D eigenvalue weighted by molar-refractivity contribution is -0.143. The third kappa shape index (κ3) is 9.70. The van der Waals surface area contributed by atoms with Crippen LogP contribution in [0.15, 0.2) is 12.2 Å². The van der Waals surface area contributed by atoms with Crippen LogP contribution in [0.5, 0.6) is 0 Å². The van der Waals surface area contributed by atoms with Gasteiger partial charge in [-0.1, -0.05) is 26.0 Å². The third-order valence-electron chi connectivity index (χ3n) is 6.17. The lowest BCUT2D eigenvalue weighted by Gasteiger charge is -2.34. The highest BCUT2D eigenvalue weighted by atomic mass is 16.5. The molecule has 0 aliphatic carbocycles. The molecule has 2 rings (SSSR count). The number of hydrogen-bond donors (Lipinski definition) is 2. The fourth-order valence-corrected chi connectivity index (χ4v) is 3.92. The highest BCUT2D eigenvalue weighted by Crippen LogP contribution is 2.18. The van der Waals surface area contributed by atoms with Crippen molar-refractivity contribution in [1.29, 1.82) is 0 Å². The van der Waals surface area contributed by atoms with E-state index in [0.717, 1.165) is 6.42 Å². The zero-order chi connectivity index (χ0) is 24.2. The Morgan fingerprint density at radius 2 is 1.79 bits per heavy atom. The van der Waals surface area contributed by atoms with Gasteiger partial charge in [0.05, 0.1) is 13.2 Å². The summed E-state index contributed by atoms with van der Waals surface area (Å²) in [6, 6.07) is 0.